The Labute approximate surface area is 165 Å². The average molecular weight is 396 g/mol. The monoisotopic (exact) mass is 396 g/mol. The Morgan fingerprint density at radius 3 is 2.57 bits per heavy atom. The standard InChI is InChI=1S/C11H11F2NO.C9H15NO.CH4O/c12-9-4-1-3-8(11(9)13)7-14-6-2-5-10(14)15;1-7(2)10-9(6-11)5-8-3-4-8;1-2/h1,3-4H,2,5-7H2;6,8-10H,1,3-5H2,2H3;2H,1H3. The number of hydrogen-bond acceptors (Lipinski definition) is 4. The second-order valence-corrected chi connectivity index (χ2v) is 6.98. The SMILES string of the molecule is C=C(C)NC(C=O)CC1CC1.CO.O=C1CCCN1Cc1cccc(F)c1F. The molecule has 0 radical (unpaired) electrons. The summed E-state index contributed by atoms with van der Waals surface area (Å²) in [5, 5.41) is 10.0. The predicted molar refractivity (Wildman–Crippen MR) is 104 cm³/mol. The van der Waals surface area contributed by atoms with Crippen LogP contribution in [0, 0.1) is 17.6 Å². The van der Waals surface area contributed by atoms with Gasteiger partial charge in [0.15, 0.2) is 11.6 Å². The first-order valence-electron chi connectivity index (χ1n) is 9.43. The summed E-state index contributed by atoms with van der Waals surface area (Å²) in [5.41, 5.74) is 1.12. The summed E-state index contributed by atoms with van der Waals surface area (Å²) in [7, 11) is 1.00. The molecule has 2 aliphatic rings. The summed E-state index contributed by atoms with van der Waals surface area (Å²) in [5.74, 6) is -0.910. The van der Waals surface area contributed by atoms with Gasteiger partial charge in [-0.3, -0.25) is 4.79 Å². The predicted octanol–water partition coefficient (Wildman–Crippen LogP) is 3.17. The van der Waals surface area contributed by atoms with E-state index in [1.54, 1.807) is 4.90 Å². The van der Waals surface area contributed by atoms with Crippen molar-refractivity contribution in [2.45, 2.75) is 51.6 Å². The summed E-state index contributed by atoms with van der Waals surface area (Å²) < 4.78 is 26.1. The molecule has 1 aromatic rings. The highest BCUT2D eigenvalue weighted by atomic mass is 19.2. The summed E-state index contributed by atoms with van der Waals surface area (Å²) in [6.07, 6.45) is 5.86. The van der Waals surface area contributed by atoms with Gasteiger partial charge in [-0.05, 0) is 31.7 Å². The first kappa shape index (κ1) is 23.8. The van der Waals surface area contributed by atoms with Crippen LogP contribution in [0.5, 0.6) is 0 Å². The molecule has 2 N–H and O–H groups in total. The second-order valence-electron chi connectivity index (χ2n) is 6.98. The lowest BCUT2D eigenvalue weighted by Crippen LogP contribution is -2.28. The van der Waals surface area contributed by atoms with Crippen LogP contribution in [0.15, 0.2) is 30.5 Å². The van der Waals surface area contributed by atoms with Crippen molar-refractivity contribution in [2.24, 2.45) is 5.92 Å². The number of aliphatic hydroxyl groups excluding tert-OH is 1. The van der Waals surface area contributed by atoms with Gasteiger partial charge in [-0.2, -0.15) is 0 Å². The number of allylic oxidation sites excluding steroid dienone is 1. The van der Waals surface area contributed by atoms with Gasteiger partial charge < -0.3 is 20.1 Å². The van der Waals surface area contributed by atoms with Crippen molar-refractivity contribution < 1.29 is 23.5 Å². The molecule has 1 aliphatic carbocycles. The lowest BCUT2D eigenvalue weighted by molar-refractivity contribution is -0.128. The average Bonchev–Trinajstić information content (AvgIpc) is 3.41. The van der Waals surface area contributed by atoms with E-state index in [2.05, 4.69) is 11.9 Å². The van der Waals surface area contributed by atoms with E-state index in [9.17, 15) is 18.4 Å². The van der Waals surface area contributed by atoms with Crippen LogP contribution in [0.2, 0.25) is 0 Å². The number of rotatable bonds is 7. The van der Waals surface area contributed by atoms with Gasteiger partial charge in [0.25, 0.3) is 0 Å². The van der Waals surface area contributed by atoms with E-state index in [1.165, 1.54) is 25.0 Å². The van der Waals surface area contributed by atoms with Crippen molar-refractivity contribution in [3.63, 3.8) is 0 Å². The lowest BCUT2D eigenvalue weighted by atomic mass is 10.1. The molecule has 28 heavy (non-hydrogen) atoms. The van der Waals surface area contributed by atoms with Crippen molar-refractivity contribution in [3.8, 4) is 0 Å². The van der Waals surface area contributed by atoms with Gasteiger partial charge in [-0.15, -0.1) is 0 Å². The van der Waals surface area contributed by atoms with E-state index in [0.29, 0.717) is 13.0 Å². The Hall–Kier alpha value is -2.28. The zero-order valence-corrected chi connectivity index (χ0v) is 16.6. The molecule has 1 aromatic carbocycles. The molecule has 0 aromatic heterocycles. The van der Waals surface area contributed by atoms with Crippen LogP contribution in [0.4, 0.5) is 8.78 Å². The Morgan fingerprint density at radius 2 is 2.07 bits per heavy atom. The maximum atomic E-state index is 13.3. The molecular formula is C21H30F2N2O3. The minimum absolute atomic E-state index is 0.000000000000000444. The molecule has 1 amide bonds. The number of aldehydes is 1. The molecule has 1 aliphatic heterocycles. The number of amides is 1. The molecular weight excluding hydrogens is 366 g/mol. The van der Waals surface area contributed by atoms with Gasteiger partial charge in [0, 0.05) is 37.9 Å². The third-order valence-corrected chi connectivity index (χ3v) is 4.44. The van der Waals surface area contributed by atoms with E-state index in [4.69, 9.17) is 5.11 Å². The topological polar surface area (TPSA) is 69.6 Å². The van der Waals surface area contributed by atoms with Crippen molar-refractivity contribution in [1.29, 1.82) is 0 Å². The summed E-state index contributed by atoms with van der Waals surface area (Å²) in [4.78, 5) is 23.3. The van der Waals surface area contributed by atoms with E-state index in [0.717, 1.165) is 43.9 Å². The molecule has 3 rings (SSSR count). The Kier molecular flexibility index (Phi) is 10.4. The van der Waals surface area contributed by atoms with Gasteiger partial charge in [0.2, 0.25) is 5.91 Å². The van der Waals surface area contributed by atoms with E-state index in [-0.39, 0.29) is 24.1 Å². The van der Waals surface area contributed by atoms with Gasteiger partial charge in [-0.25, -0.2) is 8.78 Å². The summed E-state index contributed by atoms with van der Waals surface area (Å²) in [6.45, 7) is 6.38. The molecule has 0 bridgehead atoms. The van der Waals surface area contributed by atoms with E-state index >= 15 is 0 Å². The molecule has 7 heteroatoms. The highest BCUT2D eigenvalue weighted by molar-refractivity contribution is 5.78. The lowest BCUT2D eigenvalue weighted by Gasteiger charge is -2.15. The van der Waals surface area contributed by atoms with Crippen molar-refractivity contribution >= 4 is 12.2 Å². The quantitative estimate of drug-likeness (QED) is 0.695. The van der Waals surface area contributed by atoms with Gasteiger partial charge in [0.05, 0.1) is 6.04 Å². The molecule has 1 saturated heterocycles. The number of aliphatic hydroxyl groups is 1. The van der Waals surface area contributed by atoms with Crippen LogP contribution in [-0.2, 0) is 16.1 Å². The molecule has 1 atom stereocenters. The third-order valence-electron chi connectivity index (χ3n) is 4.44. The summed E-state index contributed by atoms with van der Waals surface area (Å²) in [6, 6.07) is 4.03. The molecule has 5 nitrogen and oxygen atoms in total. The van der Waals surface area contributed by atoms with Crippen LogP contribution >= 0.6 is 0 Å². The normalized spacial score (nSPS) is 16.3. The van der Waals surface area contributed by atoms with Crippen LogP contribution < -0.4 is 5.32 Å². The minimum Gasteiger partial charge on any atom is -0.400 e. The number of nitrogens with one attached hydrogen (secondary N) is 1. The van der Waals surface area contributed by atoms with E-state index < -0.39 is 11.6 Å². The van der Waals surface area contributed by atoms with Crippen molar-refractivity contribution in [3.05, 3.63) is 47.7 Å². The number of hydrogen-bond donors (Lipinski definition) is 2. The van der Waals surface area contributed by atoms with Gasteiger partial charge in [0.1, 0.15) is 6.29 Å². The molecule has 2 fully saturated rings. The number of carbonyl (C=O) groups is 2. The number of halogens is 2. The zero-order valence-electron chi connectivity index (χ0n) is 16.6. The van der Waals surface area contributed by atoms with Gasteiger partial charge >= 0.3 is 0 Å². The zero-order chi connectivity index (χ0) is 21.1. The van der Waals surface area contributed by atoms with Crippen LogP contribution in [0.1, 0.15) is 44.6 Å². The van der Waals surface area contributed by atoms with Gasteiger partial charge in [-0.1, -0.05) is 31.6 Å². The van der Waals surface area contributed by atoms with Crippen LogP contribution in [0.25, 0.3) is 0 Å². The smallest absolute Gasteiger partial charge is 0.222 e. The van der Waals surface area contributed by atoms with E-state index in [1.807, 2.05) is 6.92 Å². The largest absolute Gasteiger partial charge is 0.400 e. The second kappa shape index (κ2) is 12.2. The molecule has 1 heterocycles. The first-order valence-corrected chi connectivity index (χ1v) is 9.43. The Morgan fingerprint density at radius 1 is 1.39 bits per heavy atom. The number of likely N-dealkylation sites (tertiary alicyclic amines) is 1. The summed E-state index contributed by atoms with van der Waals surface area (Å²) >= 11 is 0. The minimum atomic E-state index is -0.862. The fourth-order valence-corrected chi connectivity index (χ4v) is 2.93. The molecule has 1 unspecified atom stereocenters. The first-order chi connectivity index (χ1) is 13.4. The molecule has 0 spiro atoms. The van der Waals surface area contributed by atoms with Crippen molar-refractivity contribution in [2.75, 3.05) is 13.7 Å². The fraction of sp³-hybridized carbons (Fsp3) is 0.524. The maximum absolute atomic E-state index is 13.3. The van der Waals surface area contributed by atoms with Crippen LogP contribution in [0.3, 0.4) is 0 Å². The Balaban J connectivity index is 0.000000268. The number of carbonyl (C=O) groups excluding carboxylic acids is 2. The fourth-order valence-electron chi connectivity index (χ4n) is 2.93. The highest BCUT2D eigenvalue weighted by Crippen LogP contribution is 2.33. The molecule has 1 saturated carbocycles. The van der Waals surface area contributed by atoms with Crippen molar-refractivity contribution in [1.82, 2.24) is 10.2 Å². The van der Waals surface area contributed by atoms with Crippen LogP contribution in [-0.4, -0.2) is 41.9 Å². The number of benzene rings is 1. The maximum Gasteiger partial charge on any atom is 0.222 e. The third kappa shape index (κ3) is 8.17. The number of nitrogens with zero attached hydrogens (tertiary/aromatic N) is 1. The molecule has 156 valence electrons. The Bertz CT molecular complexity index is 663. The highest BCUT2D eigenvalue weighted by Gasteiger charge is 2.25.